The number of hydrogen-bond acceptors (Lipinski definition) is 4. The highest BCUT2D eigenvalue weighted by Crippen LogP contribution is 2.24. The summed E-state index contributed by atoms with van der Waals surface area (Å²) in [4.78, 5) is 2.40. The minimum Gasteiger partial charge on any atom is -0.354 e. The average molecular weight is 263 g/mol. The van der Waals surface area contributed by atoms with Crippen LogP contribution in [0.5, 0.6) is 0 Å². The van der Waals surface area contributed by atoms with Crippen molar-refractivity contribution in [3.63, 3.8) is 0 Å². The van der Waals surface area contributed by atoms with Gasteiger partial charge in [-0.1, -0.05) is 11.6 Å². The molecule has 0 radical (unpaired) electrons. The Morgan fingerprint density at radius 1 is 1.32 bits per heavy atom. The van der Waals surface area contributed by atoms with Crippen LogP contribution in [-0.4, -0.2) is 29.3 Å². The summed E-state index contributed by atoms with van der Waals surface area (Å²) in [6.07, 6.45) is 4.02. The predicted octanol–water partition coefficient (Wildman–Crippen LogP) is 3.21. The molecule has 1 fully saturated rings. The maximum atomic E-state index is 13.1. The molecule has 5 heteroatoms. The van der Waals surface area contributed by atoms with Crippen molar-refractivity contribution in [3.8, 4) is 0 Å². The van der Waals surface area contributed by atoms with Crippen LogP contribution in [0.3, 0.4) is 0 Å². The molecule has 0 bridgehead atoms. The van der Waals surface area contributed by atoms with E-state index >= 15 is 0 Å². The van der Waals surface area contributed by atoms with Crippen LogP contribution in [0.4, 0.5) is 10.2 Å². The molecule has 0 saturated carbocycles. The first-order valence-electron chi connectivity index (χ1n) is 6.79. The quantitative estimate of drug-likeness (QED) is 0.923. The van der Waals surface area contributed by atoms with E-state index in [0.717, 1.165) is 18.5 Å². The number of fused-ring (bicyclic) bond motifs is 1. The molecule has 0 aliphatic carbocycles. The van der Waals surface area contributed by atoms with Gasteiger partial charge >= 0.3 is 0 Å². The Morgan fingerprint density at radius 2 is 2.11 bits per heavy atom. The van der Waals surface area contributed by atoms with E-state index in [1.165, 1.54) is 31.4 Å². The maximum absolute atomic E-state index is 13.1. The minimum atomic E-state index is -0.306. The first-order chi connectivity index (χ1) is 9.24. The van der Waals surface area contributed by atoms with Gasteiger partial charge in [-0.05, 0) is 31.9 Å². The zero-order valence-corrected chi connectivity index (χ0v) is 11.0. The highest BCUT2D eigenvalue weighted by atomic mass is 19.1. The number of likely N-dealkylation sites (tertiary alicyclic amines) is 1. The Kier molecular flexibility index (Phi) is 3.38. The van der Waals surface area contributed by atoms with Crippen molar-refractivity contribution in [3.05, 3.63) is 24.0 Å². The van der Waals surface area contributed by atoms with Crippen molar-refractivity contribution in [2.24, 2.45) is 0 Å². The van der Waals surface area contributed by atoms with E-state index in [4.69, 9.17) is 4.52 Å². The van der Waals surface area contributed by atoms with Gasteiger partial charge in [0.1, 0.15) is 5.82 Å². The zero-order valence-electron chi connectivity index (χ0n) is 11.0. The fourth-order valence-electron chi connectivity index (χ4n) is 2.61. The molecule has 2 heterocycles. The molecule has 3 rings (SSSR count). The number of nitrogens with zero attached hydrogens (tertiary/aromatic N) is 2. The van der Waals surface area contributed by atoms with E-state index in [1.807, 2.05) is 0 Å². The number of halogens is 1. The predicted molar refractivity (Wildman–Crippen MR) is 72.5 cm³/mol. The Labute approximate surface area is 111 Å². The minimum absolute atomic E-state index is 0.207. The smallest absolute Gasteiger partial charge is 0.178 e. The third kappa shape index (κ3) is 2.56. The van der Waals surface area contributed by atoms with Crippen molar-refractivity contribution in [2.75, 3.05) is 18.4 Å². The highest BCUT2D eigenvalue weighted by molar-refractivity contribution is 5.88. The third-order valence-electron chi connectivity index (χ3n) is 3.72. The van der Waals surface area contributed by atoms with Gasteiger partial charge in [-0.2, -0.15) is 0 Å². The van der Waals surface area contributed by atoms with Crippen LogP contribution in [0.2, 0.25) is 0 Å². The van der Waals surface area contributed by atoms with Gasteiger partial charge in [-0.15, -0.1) is 0 Å². The summed E-state index contributed by atoms with van der Waals surface area (Å²) in [5.74, 6) is 0.382. The summed E-state index contributed by atoms with van der Waals surface area (Å²) in [6.45, 7) is 4.34. The molecule has 102 valence electrons. The number of benzene rings is 1. The molecule has 1 aromatic heterocycles. The average Bonchev–Trinajstić information content (AvgIpc) is 2.82. The lowest BCUT2D eigenvalue weighted by Crippen LogP contribution is -2.41. The van der Waals surface area contributed by atoms with E-state index < -0.39 is 0 Å². The van der Waals surface area contributed by atoms with Crippen molar-refractivity contribution >= 4 is 16.8 Å². The molecule has 19 heavy (non-hydrogen) atoms. The number of rotatable bonds is 3. The van der Waals surface area contributed by atoms with Crippen LogP contribution < -0.4 is 5.32 Å². The van der Waals surface area contributed by atoms with Gasteiger partial charge in [0.25, 0.3) is 0 Å². The van der Waals surface area contributed by atoms with Gasteiger partial charge in [0.2, 0.25) is 0 Å². The highest BCUT2D eigenvalue weighted by Gasteiger charge is 2.18. The molecular formula is C14H18FN3O. The van der Waals surface area contributed by atoms with Crippen molar-refractivity contribution in [2.45, 2.75) is 32.4 Å². The SMILES string of the molecule is CC(Nc1noc2cc(F)ccc12)N1CCCCC1. The first kappa shape index (κ1) is 12.4. The Balaban J connectivity index is 1.77. The summed E-state index contributed by atoms with van der Waals surface area (Å²) in [5, 5.41) is 8.17. The number of aromatic nitrogens is 1. The van der Waals surface area contributed by atoms with Gasteiger partial charge in [0.05, 0.1) is 11.6 Å². The first-order valence-corrected chi connectivity index (χ1v) is 6.79. The normalized spacial score (nSPS) is 18.6. The molecule has 1 unspecified atom stereocenters. The molecule has 1 aromatic carbocycles. The summed E-state index contributed by atoms with van der Waals surface area (Å²) in [7, 11) is 0. The van der Waals surface area contributed by atoms with Crippen LogP contribution in [0.1, 0.15) is 26.2 Å². The van der Waals surface area contributed by atoms with E-state index in [1.54, 1.807) is 6.07 Å². The standard InChI is InChI=1S/C14H18FN3O/c1-10(18-7-3-2-4-8-18)16-14-12-6-5-11(15)9-13(12)19-17-14/h5-6,9-10H,2-4,7-8H2,1H3,(H,16,17). The molecule has 0 amide bonds. The Morgan fingerprint density at radius 3 is 2.89 bits per heavy atom. The molecule has 2 aromatic rings. The van der Waals surface area contributed by atoms with E-state index in [-0.39, 0.29) is 12.0 Å². The van der Waals surface area contributed by atoms with E-state index in [9.17, 15) is 4.39 Å². The molecule has 1 aliphatic rings. The van der Waals surface area contributed by atoms with Crippen LogP contribution in [0.25, 0.3) is 11.0 Å². The second-order valence-electron chi connectivity index (χ2n) is 5.09. The molecule has 1 N–H and O–H groups in total. The maximum Gasteiger partial charge on any atom is 0.178 e. The monoisotopic (exact) mass is 263 g/mol. The third-order valence-corrected chi connectivity index (χ3v) is 3.72. The van der Waals surface area contributed by atoms with Crippen LogP contribution in [0, 0.1) is 5.82 Å². The van der Waals surface area contributed by atoms with Crippen LogP contribution >= 0.6 is 0 Å². The molecule has 4 nitrogen and oxygen atoms in total. The summed E-state index contributed by atoms with van der Waals surface area (Å²) in [6, 6.07) is 4.49. The van der Waals surface area contributed by atoms with Crippen LogP contribution in [-0.2, 0) is 0 Å². The van der Waals surface area contributed by atoms with Gasteiger partial charge in [-0.25, -0.2) is 4.39 Å². The number of nitrogens with one attached hydrogen (secondary N) is 1. The molecule has 1 aliphatic heterocycles. The fraction of sp³-hybridized carbons (Fsp3) is 0.500. The summed E-state index contributed by atoms with van der Waals surface area (Å²) in [5.41, 5.74) is 0.480. The number of hydrogen-bond donors (Lipinski definition) is 1. The molecule has 1 atom stereocenters. The molecular weight excluding hydrogens is 245 g/mol. The fourth-order valence-corrected chi connectivity index (χ4v) is 2.61. The number of piperidine rings is 1. The van der Waals surface area contributed by atoms with Gasteiger partial charge < -0.3 is 9.84 Å². The summed E-state index contributed by atoms with van der Waals surface area (Å²) >= 11 is 0. The van der Waals surface area contributed by atoms with Gasteiger partial charge in [-0.3, -0.25) is 4.90 Å². The van der Waals surface area contributed by atoms with Crippen molar-refractivity contribution < 1.29 is 8.91 Å². The Hall–Kier alpha value is -1.62. The Bertz CT molecular complexity index is 563. The zero-order chi connectivity index (χ0) is 13.2. The summed E-state index contributed by atoms with van der Waals surface area (Å²) < 4.78 is 18.2. The topological polar surface area (TPSA) is 41.3 Å². The van der Waals surface area contributed by atoms with E-state index in [0.29, 0.717) is 11.4 Å². The lowest BCUT2D eigenvalue weighted by atomic mass is 10.1. The number of anilines is 1. The van der Waals surface area contributed by atoms with E-state index in [2.05, 4.69) is 22.3 Å². The lowest BCUT2D eigenvalue weighted by Gasteiger charge is -2.32. The van der Waals surface area contributed by atoms with Gasteiger partial charge in [0, 0.05) is 19.2 Å². The van der Waals surface area contributed by atoms with Crippen molar-refractivity contribution in [1.82, 2.24) is 10.1 Å². The second-order valence-corrected chi connectivity index (χ2v) is 5.09. The molecule has 0 spiro atoms. The van der Waals surface area contributed by atoms with Gasteiger partial charge in [0.15, 0.2) is 11.4 Å². The van der Waals surface area contributed by atoms with Crippen LogP contribution in [0.15, 0.2) is 22.7 Å². The lowest BCUT2D eigenvalue weighted by molar-refractivity contribution is 0.189. The second kappa shape index (κ2) is 5.17. The van der Waals surface area contributed by atoms with Crippen molar-refractivity contribution in [1.29, 1.82) is 0 Å². The largest absolute Gasteiger partial charge is 0.354 e. The molecule has 1 saturated heterocycles.